The van der Waals surface area contributed by atoms with Crippen LogP contribution in [0.4, 0.5) is 0 Å². The van der Waals surface area contributed by atoms with Gasteiger partial charge < -0.3 is 15.3 Å². The molecule has 2 amide bonds. The van der Waals surface area contributed by atoms with E-state index in [0.29, 0.717) is 18.0 Å². The number of thiophene rings is 1. The maximum atomic E-state index is 12.4. The molecular formula is C17H26N2O3S. The fraction of sp³-hybridized carbons (Fsp3) is 0.647. The van der Waals surface area contributed by atoms with Crippen molar-refractivity contribution in [1.29, 1.82) is 0 Å². The Balaban J connectivity index is 1.90. The topological polar surface area (TPSA) is 69.6 Å². The van der Waals surface area contributed by atoms with Gasteiger partial charge in [0.25, 0.3) is 5.91 Å². The molecule has 0 aromatic carbocycles. The molecule has 2 rings (SSSR count). The first-order valence-corrected chi connectivity index (χ1v) is 9.02. The van der Waals surface area contributed by atoms with E-state index in [1.165, 1.54) is 11.3 Å². The van der Waals surface area contributed by atoms with Crippen LogP contribution in [-0.4, -0.2) is 47.1 Å². The summed E-state index contributed by atoms with van der Waals surface area (Å²) in [5.74, 6) is -0.206. The van der Waals surface area contributed by atoms with Gasteiger partial charge in [0.05, 0.1) is 16.4 Å². The van der Waals surface area contributed by atoms with Crippen LogP contribution in [0.25, 0.3) is 0 Å². The Labute approximate surface area is 141 Å². The second-order valence-corrected chi connectivity index (χ2v) is 7.74. The van der Waals surface area contributed by atoms with Gasteiger partial charge >= 0.3 is 0 Å². The van der Waals surface area contributed by atoms with Crippen molar-refractivity contribution in [1.82, 2.24) is 10.2 Å². The number of carbonyl (C=O) groups excluding carboxylic acids is 2. The zero-order valence-electron chi connectivity index (χ0n) is 14.0. The Morgan fingerprint density at radius 3 is 2.87 bits per heavy atom. The molecule has 2 atom stereocenters. The smallest absolute Gasteiger partial charge is 0.263 e. The Bertz CT molecular complexity index is 540. The molecule has 0 spiro atoms. The second kappa shape index (κ2) is 7.45. The molecule has 0 aliphatic carbocycles. The molecule has 6 heteroatoms. The molecule has 1 aromatic heterocycles. The Morgan fingerprint density at radius 1 is 1.52 bits per heavy atom. The van der Waals surface area contributed by atoms with Gasteiger partial charge in [-0.3, -0.25) is 9.59 Å². The summed E-state index contributed by atoms with van der Waals surface area (Å²) in [5, 5.41) is 15.0. The third-order valence-electron chi connectivity index (χ3n) is 4.68. The highest BCUT2D eigenvalue weighted by Crippen LogP contribution is 2.21. The minimum Gasteiger partial charge on any atom is -0.388 e. The Kier molecular flexibility index (Phi) is 5.81. The first-order chi connectivity index (χ1) is 10.8. The largest absolute Gasteiger partial charge is 0.388 e. The average Bonchev–Trinajstić information content (AvgIpc) is 3.06. The molecule has 1 saturated heterocycles. The SMILES string of the molecule is CC(C)C(C)(O)CNC(=O)C1CCCN(C(=O)c2cccs2)C1. The fourth-order valence-electron chi connectivity index (χ4n) is 2.55. The van der Waals surface area contributed by atoms with Gasteiger partial charge in [0.1, 0.15) is 0 Å². The van der Waals surface area contributed by atoms with Crippen molar-refractivity contribution >= 4 is 23.2 Å². The highest BCUT2D eigenvalue weighted by atomic mass is 32.1. The van der Waals surface area contributed by atoms with Crippen molar-refractivity contribution in [2.75, 3.05) is 19.6 Å². The Hall–Kier alpha value is -1.40. The van der Waals surface area contributed by atoms with Crippen molar-refractivity contribution in [2.24, 2.45) is 11.8 Å². The van der Waals surface area contributed by atoms with Crippen molar-refractivity contribution < 1.29 is 14.7 Å². The number of nitrogens with one attached hydrogen (secondary N) is 1. The van der Waals surface area contributed by atoms with Crippen LogP contribution in [-0.2, 0) is 4.79 Å². The first-order valence-electron chi connectivity index (χ1n) is 8.14. The number of amides is 2. The lowest BCUT2D eigenvalue weighted by molar-refractivity contribution is -0.127. The fourth-order valence-corrected chi connectivity index (χ4v) is 3.24. The molecule has 5 nitrogen and oxygen atoms in total. The van der Waals surface area contributed by atoms with Crippen LogP contribution < -0.4 is 5.32 Å². The number of nitrogens with zero attached hydrogens (tertiary/aromatic N) is 1. The van der Waals surface area contributed by atoms with Crippen molar-refractivity contribution in [2.45, 2.75) is 39.2 Å². The van der Waals surface area contributed by atoms with Crippen LogP contribution in [0.3, 0.4) is 0 Å². The molecule has 1 fully saturated rings. The van der Waals surface area contributed by atoms with Crippen molar-refractivity contribution in [3.63, 3.8) is 0 Å². The minimum absolute atomic E-state index is 0.00618. The van der Waals surface area contributed by atoms with Gasteiger partial charge in [0.2, 0.25) is 5.91 Å². The summed E-state index contributed by atoms with van der Waals surface area (Å²) in [6, 6.07) is 3.68. The molecule has 0 bridgehead atoms. The van der Waals surface area contributed by atoms with E-state index in [2.05, 4.69) is 5.32 Å². The molecule has 1 aliphatic rings. The molecule has 2 N–H and O–H groups in total. The van der Waals surface area contributed by atoms with Crippen LogP contribution in [0.2, 0.25) is 0 Å². The summed E-state index contributed by atoms with van der Waals surface area (Å²) in [5.41, 5.74) is -0.920. The number of rotatable bonds is 5. The summed E-state index contributed by atoms with van der Waals surface area (Å²) in [6.07, 6.45) is 1.61. The maximum absolute atomic E-state index is 12.4. The van der Waals surface area contributed by atoms with Gasteiger partial charge in [-0.25, -0.2) is 0 Å². The van der Waals surface area contributed by atoms with Gasteiger partial charge in [-0.15, -0.1) is 11.3 Å². The van der Waals surface area contributed by atoms with Crippen LogP contribution in [0.1, 0.15) is 43.3 Å². The number of piperidine rings is 1. The standard InChI is InChI=1S/C17H26N2O3S/c1-12(2)17(3,22)11-18-15(20)13-6-4-8-19(10-13)16(21)14-7-5-9-23-14/h5,7,9,12-13,22H,4,6,8,10-11H2,1-3H3,(H,18,20). The monoisotopic (exact) mass is 338 g/mol. The van der Waals surface area contributed by atoms with Crippen LogP contribution >= 0.6 is 11.3 Å². The third-order valence-corrected chi connectivity index (χ3v) is 5.53. The van der Waals surface area contributed by atoms with Crippen LogP contribution in [0, 0.1) is 11.8 Å². The van der Waals surface area contributed by atoms with Crippen molar-refractivity contribution in [3.05, 3.63) is 22.4 Å². The van der Waals surface area contributed by atoms with Gasteiger partial charge in [-0.1, -0.05) is 19.9 Å². The number of hydrogen-bond acceptors (Lipinski definition) is 4. The summed E-state index contributed by atoms with van der Waals surface area (Å²) < 4.78 is 0. The quantitative estimate of drug-likeness (QED) is 0.864. The molecule has 0 saturated carbocycles. The lowest BCUT2D eigenvalue weighted by Gasteiger charge is -2.33. The lowest BCUT2D eigenvalue weighted by Crippen LogP contribution is -2.49. The summed E-state index contributed by atoms with van der Waals surface area (Å²) in [7, 11) is 0. The summed E-state index contributed by atoms with van der Waals surface area (Å²) in [4.78, 5) is 27.2. The highest BCUT2D eigenvalue weighted by Gasteiger charge is 2.31. The number of aliphatic hydroxyl groups is 1. The predicted octanol–water partition coefficient (Wildman–Crippen LogP) is 2.12. The predicted molar refractivity (Wildman–Crippen MR) is 91.4 cm³/mol. The van der Waals surface area contributed by atoms with E-state index in [1.807, 2.05) is 31.4 Å². The average molecular weight is 338 g/mol. The van der Waals surface area contributed by atoms with E-state index >= 15 is 0 Å². The highest BCUT2D eigenvalue weighted by molar-refractivity contribution is 7.12. The molecule has 23 heavy (non-hydrogen) atoms. The zero-order valence-corrected chi connectivity index (χ0v) is 14.9. The van der Waals surface area contributed by atoms with E-state index in [1.54, 1.807) is 11.8 Å². The molecule has 0 radical (unpaired) electrons. The van der Waals surface area contributed by atoms with E-state index in [9.17, 15) is 14.7 Å². The van der Waals surface area contributed by atoms with E-state index < -0.39 is 5.60 Å². The zero-order chi connectivity index (χ0) is 17.0. The van der Waals surface area contributed by atoms with Crippen LogP contribution in [0.15, 0.2) is 17.5 Å². The third kappa shape index (κ3) is 4.54. The molecule has 128 valence electrons. The molecule has 2 heterocycles. The second-order valence-electron chi connectivity index (χ2n) is 6.80. The maximum Gasteiger partial charge on any atom is 0.263 e. The first kappa shape index (κ1) is 17.9. The van der Waals surface area contributed by atoms with Gasteiger partial charge in [0.15, 0.2) is 0 Å². The molecule has 1 aliphatic heterocycles. The molecule has 2 unspecified atom stereocenters. The number of carbonyl (C=O) groups is 2. The lowest BCUT2D eigenvalue weighted by atomic mass is 9.91. The van der Waals surface area contributed by atoms with Crippen LogP contribution in [0.5, 0.6) is 0 Å². The van der Waals surface area contributed by atoms with E-state index in [-0.39, 0.29) is 30.2 Å². The van der Waals surface area contributed by atoms with Gasteiger partial charge in [0, 0.05) is 19.6 Å². The summed E-state index contributed by atoms with van der Waals surface area (Å²) >= 11 is 1.43. The van der Waals surface area contributed by atoms with E-state index in [4.69, 9.17) is 0 Å². The van der Waals surface area contributed by atoms with Gasteiger partial charge in [-0.2, -0.15) is 0 Å². The van der Waals surface area contributed by atoms with Crippen molar-refractivity contribution in [3.8, 4) is 0 Å². The number of likely N-dealkylation sites (tertiary alicyclic amines) is 1. The summed E-state index contributed by atoms with van der Waals surface area (Å²) in [6.45, 7) is 6.96. The Morgan fingerprint density at radius 2 is 2.26 bits per heavy atom. The molecule has 1 aromatic rings. The van der Waals surface area contributed by atoms with E-state index in [0.717, 1.165) is 12.8 Å². The molecular weight excluding hydrogens is 312 g/mol. The normalized spacial score (nSPS) is 21.1. The number of hydrogen-bond donors (Lipinski definition) is 2. The van der Waals surface area contributed by atoms with Gasteiger partial charge in [-0.05, 0) is 37.1 Å². The minimum atomic E-state index is -0.920.